The second kappa shape index (κ2) is 8.22. The third-order valence-electron chi connectivity index (χ3n) is 5.60. The van der Waals surface area contributed by atoms with Gasteiger partial charge in [0.25, 0.3) is 5.91 Å². The maximum absolute atomic E-state index is 12.3. The van der Waals surface area contributed by atoms with Crippen LogP contribution < -0.4 is 5.32 Å². The highest BCUT2D eigenvalue weighted by atomic mass is 32.1. The quantitative estimate of drug-likeness (QED) is 0.796. The first kappa shape index (κ1) is 18.9. The summed E-state index contributed by atoms with van der Waals surface area (Å²) in [7, 11) is 0. The zero-order valence-corrected chi connectivity index (χ0v) is 16.1. The molecule has 140 valence electrons. The van der Waals surface area contributed by atoms with E-state index in [-0.39, 0.29) is 6.61 Å². The molecule has 5 nitrogen and oxygen atoms in total. The van der Waals surface area contributed by atoms with E-state index in [1.807, 2.05) is 6.07 Å². The fraction of sp³-hybridized carbons (Fsp3) is 0.650. The molecule has 26 heavy (non-hydrogen) atoms. The van der Waals surface area contributed by atoms with Gasteiger partial charge in [-0.1, -0.05) is 32.6 Å². The van der Waals surface area contributed by atoms with E-state index in [0.29, 0.717) is 23.6 Å². The van der Waals surface area contributed by atoms with Crippen LogP contribution in [0.3, 0.4) is 0 Å². The number of ether oxygens (including phenoxy) is 1. The van der Waals surface area contributed by atoms with Crippen LogP contribution in [0.4, 0.5) is 0 Å². The lowest BCUT2D eigenvalue weighted by atomic mass is 9.83. The minimum Gasteiger partial charge on any atom is -0.451 e. The smallest absolute Gasteiger partial charge is 0.348 e. The summed E-state index contributed by atoms with van der Waals surface area (Å²) < 4.78 is 5.20. The van der Waals surface area contributed by atoms with Gasteiger partial charge < -0.3 is 10.1 Å². The summed E-state index contributed by atoms with van der Waals surface area (Å²) in [6.07, 6.45) is 8.69. The van der Waals surface area contributed by atoms with Crippen molar-refractivity contribution < 1.29 is 14.3 Å². The van der Waals surface area contributed by atoms with Crippen LogP contribution in [0, 0.1) is 17.2 Å². The van der Waals surface area contributed by atoms with Gasteiger partial charge in [-0.25, -0.2) is 4.79 Å². The van der Waals surface area contributed by atoms with Crippen LogP contribution in [-0.4, -0.2) is 24.0 Å². The summed E-state index contributed by atoms with van der Waals surface area (Å²) in [5.74, 6) is -0.138. The zero-order chi connectivity index (χ0) is 18.6. The highest BCUT2D eigenvalue weighted by molar-refractivity contribution is 7.14. The molecular weight excluding hydrogens is 348 g/mol. The van der Waals surface area contributed by atoms with Crippen LogP contribution in [0.15, 0.2) is 6.07 Å². The van der Waals surface area contributed by atoms with Crippen molar-refractivity contribution in [2.24, 2.45) is 5.92 Å². The van der Waals surface area contributed by atoms with E-state index in [2.05, 4.69) is 18.3 Å². The summed E-state index contributed by atoms with van der Waals surface area (Å²) in [6.45, 7) is 1.87. The highest BCUT2D eigenvalue weighted by Gasteiger charge is 2.33. The molecule has 1 saturated carbocycles. The number of carbonyl (C=O) groups is 2. The van der Waals surface area contributed by atoms with Crippen LogP contribution >= 0.6 is 11.3 Å². The average molecular weight is 375 g/mol. The van der Waals surface area contributed by atoms with Crippen molar-refractivity contribution in [1.29, 1.82) is 5.26 Å². The molecule has 1 aromatic rings. The van der Waals surface area contributed by atoms with Crippen molar-refractivity contribution >= 4 is 23.2 Å². The monoisotopic (exact) mass is 374 g/mol. The molecule has 0 unspecified atom stereocenters. The number of esters is 1. The number of hydrogen-bond acceptors (Lipinski definition) is 5. The SMILES string of the molecule is CC[C@H]1CCc2sc(C(=O)OCC(=O)NC3(C#N)CCCCC3)cc2C1. The van der Waals surface area contributed by atoms with Gasteiger partial charge in [0.15, 0.2) is 6.61 Å². The fourth-order valence-corrected chi connectivity index (χ4v) is 5.08. The Labute approximate surface area is 158 Å². The van der Waals surface area contributed by atoms with Crippen molar-refractivity contribution in [3.8, 4) is 6.07 Å². The molecule has 0 saturated heterocycles. The topological polar surface area (TPSA) is 79.2 Å². The summed E-state index contributed by atoms with van der Waals surface area (Å²) in [5, 5.41) is 12.2. The van der Waals surface area contributed by atoms with Gasteiger partial charge in [0.05, 0.1) is 6.07 Å². The molecular formula is C20H26N2O3S. The van der Waals surface area contributed by atoms with Gasteiger partial charge in [0, 0.05) is 4.88 Å². The lowest BCUT2D eigenvalue weighted by molar-refractivity contribution is -0.125. The van der Waals surface area contributed by atoms with E-state index in [9.17, 15) is 14.9 Å². The van der Waals surface area contributed by atoms with Gasteiger partial charge >= 0.3 is 5.97 Å². The second-order valence-electron chi connectivity index (χ2n) is 7.46. The molecule has 2 aliphatic carbocycles. The third kappa shape index (κ3) is 4.27. The Morgan fingerprint density at radius 2 is 2.15 bits per heavy atom. The molecule has 1 N–H and O–H groups in total. The Hall–Kier alpha value is -1.87. The van der Waals surface area contributed by atoms with E-state index >= 15 is 0 Å². The van der Waals surface area contributed by atoms with Crippen LogP contribution in [0.2, 0.25) is 0 Å². The number of carbonyl (C=O) groups excluding carboxylic acids is 2. The number of nitrogens with zero attached hydrogens (tertiary/aromatic N) is 1. The Bertz CT molecular complexity index is 713. The van der Waals surface area contributed by atoms with Crippen molar-refractivity contribution in [3.05, 3.63) is 21.4 Å². The Balaban J connectivity index is 1.53. The van der Waals surface area contributed by atoms with Gasteiger partial charge in [0.2, 0.25) is 0 Å². The van der Waals surface area contributed by atoms with Crippen molar-refractivity contribution in [2.45, 2.75) is 70.3 Å². The first-order valence-corrected chi connectivity index (χ1v) is 10.4. The first-order valence-electron chi connectivity index (χ1n) is 9.56. The molecule has 0 aliphatic heterocycles. The fourth-order valence-electron chi connectivity index (χ4n) is 3.97. The van der Waals surface area contributed by atoms with E-state index in [0.717, 1.165) is 38.5 Å². The number of amides is 1. The van der Waals surface area contributed by atoms with Gasteiger partial charge in [-0.05, 0) is 49.7 Å². The van der Waals surface area contributed by atoms with Crippen molar-refractivity contribution in [3.63, 3.8) is 0 Å². The zero-order valence-electron chi connectivity index (χ0n) is 15.3. The van der Waals surface area contributed by atoms with Gasteiger partial charge in [-0.15, -0.1) is 11.3 Å². The lowest BCUT2D eigenvalue weighted by Gasteiger charge is -2.31. The van der Waals surface area contributed by atoms with Gasteiger partial charge in [-0.2, -0.15) is 5.26 Å². The number of nitrogens with one attached hydrogen (secondary N) is 1. The number of fused-ring (bicyclic) bond motifs is 1. The van der Waals surface area contributed by atoms with Crippen LogP contribution in [-0.2, 0) is 22.4 Å². The Morgan fingerprint density at radius 1 is 1.38 bits per heavy atom. The van der Waals surface area contributed by atoms with E-state index < -0.39 is 17.4 Å². The van der Waals surface area contributed by atoms with Gasteiger partial charge in [0.1, 0.15) is 10.4 Å². The van der Waals surface area contributed by atoms with Gasteiger partial charge in [-0.3, -0.25) is 4.79 Å². The second-order valence-corrected chi connectivity index (χ2v) is 8.59. The predicted octanol–water partition coefficient (Wildman–Crippen LogP) is 3.76. The van der Waals surface area contributed by atoms with Crippen molar-refractivity contribution in [2.75, 3.05) is 6.61 Å². The minimum absolute atomic E-state index is 0.331. The number of hydrogen-bond donors (Lipinski definition) is 1. The molecule has 0 aromatic carbocycles. The maximum atomic E-state index is 12.3. The maximum Gasteiger partial charge on any atom is 0.348 e. The molecule has 0 radical (unpaired) electrons. The van der Waals surface area contributed by atoms with Crippen LogP contribution in [0.5, 0.6) is 0 Å². The molecule has 1 heterocycles. The molecule has 1 amide bonds. The number of thiophene rings is 1. The number of nitriles is 1. The van der Waals surface area contributed by atoms with E-state index in [1.165, 1.54) is 28.2 Å². The summed E-state index contributed by atoms with van der Waals surface area (Å²) in [4.78, 5) is 26.3. The third-order valence-corrected chi connectivity index (χ3v) is 6.81. The molecule has 3 rings (SSSR count). The molecule has 0 spiro atoms. The van der Waals surface area contributed by atoms with Crippen LogP contribution in [0.1, 0.15) is 72.0 Å². The summed E-state index contributed by atoms with van der Waals surface area (Å²) in [6, 6.07) is 4.17. The Kier molecular flexibility index (Phi) is 5.98. The Morgan fingerprint density at radius 3 is 2.85 bits per heavy atom. The minimum atomic E-state index is -0.793. The van der Waals surface area contributed by atoms with Crippen LogP contribution in [0.25, 0.3) is 0 Å². The standard InChI is InChI=1S/C20H26N2O3S/c1-2-14-6-7-16-15(10-14)11-17(26-16)19(24)25-12-18(23)22-20(13-21)8-4-3-5-9-20/h11,14H,2-10,12H2,1H3,(H,22,23)/t14-/m0/s1. The molecule has 2 aliphatic rings. The summed E-state index contributed by atoms with van der Waals surface area (Å²) >= 11 is 1.49. The average Bonchev–Trinajstić information content (AvgIpc) is 3.10. The number of rotatable bonds is 5. The predicted molar refractivity (Wildman–Crippen MR) is 100.0 cm³/mol. The van der Waals surface area contributed by atoms with E-state index in [4.69, 9.17) is 4.74 Å². The largest absolute Gasteiger partial charge is 0.451 e. The highest BCUT2D eigenvalue weighted by Crippen LogP contribution is 2.34. The summed E-state index contributed by atoms with van der Waals surface area (Å²) in [5.41, 5.74) is 0.467. The first-order chi connectivity index (χ1) is 12.5. The molecule has 1 aromatic heterocycles. The normalized spacial score (nSPS) is 21.3. The molecule has 0 bridgehead atoms. The molecule has 1 atom stereocenters. The molecule has 6 heteroatoms. The van der Waals surface area contributed by atoms with Crippen molar-refractivity contribution in [1.82, 2.24) is 5.32 Å². The lowest BCUT2D eigenvalue weighted by Crippen LogP contribution is -2.50. The van der Waals surface area contributed by atoms with E-state index in [1.54, 1.807) is 0 Å². The number of aryl methyl sites for hydroxylation is 1. The molecule has 1 fully saturated rings.